The fraction of sp³-hybridized carbons (Fsp3) is 0.867. The van der Waals surface area contributed by atoms with Gasteiger partial charge >= 0.3 is 0 Å². The van der Waals surface area contributed by atoms with Crippen molar-refractivity contribution in [1.29, 1.82) is 0 Å². The number of hydrogen-bond acceptors (Lipinski definition) is 3. The highest BCUT2D eigenvalue weighted by atomic mass is 16.3. The summed E-state index contributed by atoms with van der Waals surface area (Å²) in [5.74, 6) is 0.582. The van der Waals surface area contributed by atoms with E-state index in [2.05, 4.69) is 31.7 Å². The maximum absolute atomic E-state index is 9.46. The lowest BCUT2D eigenvalue weighted by molar-refractivity contribution is 0.0747. The van der Waals surface area contributed by atoms with Crippen LogP contribution in [0.1, 0.15) is 47.5 Å². The van der Waals surface area contributed by atoms with Gasteiger partial charge in [-0.05, 0) is 46.5 Å². The average molecular weight is 257 g/mol. The summed E-state index contributed by atoms with van der Waals surface area (Å²) in [6, 6.07) is 0. The van der Waals surface area contributed by atoms with E-state index in [1.54, 1.807) is 13.8 Å². The van der Waals surface area contributed by atoms with Crippen molar-refractivity contribution in [2.75, 3.05) is 19.6 Å². The molecule has 3 heteroatoms. The van der Waals surface area contributed by atoms with Crippen LogP contribution in [0.3, 0.4) is 0 Å². The Balaban J connectivity index is 4.08. The topological polar surface area (TPSA) is 43.7 Å². The van der Waals surface area contributed by atoms with Gasteiger partial charge in [0, 0.05) is 19.6 Å². The summed E-state index contributed by atoms with van der Waals surface area (Å²) in [6.07, 6.45) is 3.86. The number of allylic oxidation sites excluding steroid dienone is 2. The number of aliphatic hydroxyl groups is 2. The zero-order valence-electron chi connectivity index (χ0n) is 12.7. The van der Waals surface area contributed by atoms with Gasteiger partial charge in [0.1, 0.15) is 0 Å². The van der Waals surface area contributed by atoms with Gasteiger partial charge < -0.3 is 10.2 Å². The predicted octanol–water partition coefficient (Wildman–Crippen LogP) is 2.43. The zero-order valence-corrected chi connectivity index (χ0v) is 12.7. The van der Waals surface area contributed by atoms with Crippen LogP contribution in [0.25, 0.3) is 0 Å². The van der Waals surface area contributed by atoms with E-state index in [9.17, 15) is 10.2 Å². The monoisotopic (exact) mass is 257 g/mol. The molecule has 108 valence electrons. The fourth-order valence-corrected chi connectivity index (χ4v) is 2.16. The number of aliphatic hydroxyl groups excluding tert-OH is 2. The SMILES string of the molecule is CC(C)=CCC[C@H](C)CN(C[C@H](C)O)C[C@H](C)O. The van der Waals surface area contributed by atoms with Gasteiger partial charge in [-0.25, -0.2) is 0 Å². The second kappa shape index (κ2) is 9.54. The van der Waals surface area contributed by atoms with Crippen LogP contribution in [-0.4, -0.2) is 47.0 Å². The van der Waals surface area contributed by atoms with E-state index >= 15 is 0 Å². The van der Waals surface area contributed by atoms with E-state index in [4.69, 9.17) is 0 Å². The first-order valence-electron chi connectivity index (χ1n) is 7.03. The van der Waals surface area contributed by atoms with Crippen molar-refractivity contribution < 1.29 is 10.2 Å². The van der Waals surface area contributed by atoms with E-state index in [1.807, 2.05) is 0 Å². The smallest absolute Gasteiger partial charge is 0.0639 e. The Morgan fingerprint density at radius 2 is 1.50 bits per heavy atom. The van der Waals surface area contributed by atoms with Crippen molar-refractivity contribution in [3.05, 3.63) is 11.6 Å². The molecule has 0 aromatic rings. The standard InChI is InChI=1S/C15H31NO2/c1-12(2)7-6-8-13(3)9-16(10-14(4)17)11-15(5)18/h7,13-15,17-18H,6,8-11H2,1-5H3/t13-,14-,15-/m0/s1. The third-order valence-corrected chi connectivity index (χ3v) is 2.83. The van der Waals surface area contributed by atoms with E-state index in [1.165, 1.54) is 5.57 Å². The van der Waals surface area contributed by atoms with Gasteiger partial charge in [-0.1, -0.05) is 18.6 Å². The molecule has 0 amide bonds. The highest BCUT2D eigenvalue weighted by molar-refractivity contribution is 4.92. The highest BCUT2D eigenvalue weighted by Crippen LogP contribution is 2.10. The average Bonchev–Trinajstić information content (AvgIpc) is 2.13. The molecule has 0 spiro atoms. The first-order chi connectivity index (χ1) is 8.31. The lowest BCUT2D eigenvalue weighted by Gasteiger charge is -2.27. The molecule has 2 N–H and O–H groups in total. The van der Waals surface area contributed by atoms with Crippen LogP contribution in [0.2, 0.25) is 0 Å². The first kappa shape index (κ1) is 17.6. The molecule has 0 aliphatic heterocycles. The largest absolute Gasteiger partial charge is 0.392 e. The maximum atomic E-state index is 9.46. The van der Waals surface area contributed by atoms with Gasteiger partial charge in [0.25, 0.3) is 0 Å². The highest BCUT2D eigenvalue weighted by Gasteiger charge is 2.14. The second-order valence-corrected chi connectivity index (χ2v) is 5.88. The molecule has 0 bridgehead atoms. The fourth-order valence-electron chi connectivity index (χ4n) is 2.16. The molecule has 0 radical (unpaired) electrons. The normalized spacial score (nSPS) is 16.4. The third kappa shape index (κ3) is 10.8. The Kier molecular flexibility index (Phi) is 9.34. The van der Waals surface area contributed by atoms with Crippen molar-refractivity contribution in [1.82, 2.24) is 4.90 Å². The second-order valence-electron chi connectivity index (χ2n) is 5.88. The lowest BCUT2D eigenvalue weighted by atomic mass is 10.0. The number of nitrogens with zero attached hydrogens (tertiary/aromatic N) is 1. The van der Waals surface area contributed by atoms with E-state index in [0.717, 1.165) is 19.4 Å². The predicted molar refractivity (Wildman–Crippen MR) is 77.6 cm³/mol. The molecule has 0 saturated heterocycles. The molecule has 0 aliphatic rings. The van der Waals surface area contributed by atoms with E-state index < -0.39 is 0 Å². The molecule has 0 saturated carbocycles. The summed E-state index contributed by atoms with van der Waals surface area (Å²) in [4.78, 5) is 2.16. The summed E-state index contributed by atoms with van der Waals surface area (Å²) in [6.45, 7) is 12.3. The summed E-state index contributed by atoms with van der Waals surface area (Å²) >= 11 is 0. The van der Waals surface area contributed by atoms with Crippen molar-refractivity contribution in [3.8, 4) is 0 Å². The molecule has 0 aromatic carbocycles. The molecule has 18 heavy (non-hydrogen) atoms. The van der Waals surface area contributed by atoms with Crippen molar-refractivity contribution in [2.24, 2.45) is 5.92 Å². The molecule has 0 fully saturated rings. The Bertz CT molecular complexity index is 223. The Hall–Kier alpha value is -0.380. The minimum atomic E-state index is -0.339. The van der Waals surface area contributed by atoms with Gasteiger partial charge in [0.2, 0.25) is 0 Å². The first-order valence-corrected chi connectivity index (χ1v) is 7.03. The van der Waals surface area contributed by atoms with E-state index in [-0.39, 0.29) is 12.2 Å². The lowest BCUT2D eigenvalue weighted by Crippen LogP contribution is -2.39. The van der Waals surface area contributed by atoms with Crippen LogP contribution in [-0.2, 0) is 0 Å². The minimum absolute atomic E-state index is 0.339. The Morgan fingerprint density at radius 3 is 1.89 bits per heavy atom. The van der Waals surface area contributed by atoms with Crippen LogP contribution in [0.15, 0.2) is 11.6 Å². The van der Waals surface area contributed by atoms with Gasteiger partial charge in [-0.3, -0.25) is 4.90 Å². The summed E-state index contributed by atoms with van der Waals surface area (Å²) in [5.41, 5.74) is 1.37. The van der Waals surface area contributed by atoms with Crippen LogP contribution < -0.4 is 0 Å². The molecule has 3 atom stereocenters. The summed E-state index contributed by atoms with van der Waals surface area (Å²) in [5, 5.41) is 18.9. The quantitative estimate of drug-likeness (QED) is 0.624. The Labute approximate surface area is 113 Å². The molecule has 0 aromatic heterocycles. The molecular weight excluding hydrogens is 226 g/mol. The van der Waals surface area contributed by atoms with Crippen molar-refractivity contribution in [3.63, 3.8) is 0 Å². The van der Waals surface area contributed by atoms with Crippen LogP contribution in [0.5, 0.6) is 0 Å². The molecule has 0 heterocycles. The van der Waals surface area contributed by atoms with Gasteiger partial charge in [0.15, 0.2) is 0 Å². The maximum Gasteiger partial charge on any atom is 0.0639 e. The van der Waals surface area contributed by atoms with Crippen molar-refractivity contribution in [2.45, 2.75) is 59.7 Å². The summed E-state index contributed by atoms with van der Waals surface area (Å²) < 4.78 is 0. The van der Waals surface area contributed by atoms with Gasteiger partial charge in [-0.2, -0.15) is 0 Å². The Morgan fingerprint density at radius 1 is 1.00 bits per heavy atom. The van der Waals surface area contributed by atoms with Crippen LogP contribution in [0, 0.1) is 5.92 Å². The number of hydrogen-bond donors (Lipinski definition) is 2. The minimum Gasteiger partial charge on any atom is -0.392 e. The van der Waals surface area contributed by atoms with Crippen LogP contribution in [0.4, 0.5) is 0 Å². The van der Waals surface area contributed by atoms with E-state index in [0.29, 0.717) is 19.0 Å². The zero-order chi connectivity index (χ0) is 14.1. The van der Waals surface area contributed by atoms with Gasteiger partial charge in [0.05, 0.1) is 12.2 Å². The number of rotatable bonds is 9. The van der Waals surface area contributed by atoms with Crippen LogP contribution >= 0.6 is 0 Å². The summed E-state index contributed by atoms with van der Waals surface area (Å²) in [7, 11) is 0. The molecule has 0 unspecified atom stereocenters. The third-order valence-electron chi connectivity index (χ3n) is 2.83. The molecule has 3 nitrogen and oxygen atoms in total. The van der Waals surface area contributed by atoms with Gasteiger partial charge in [-0.15, -0.1) is 0 Å². The molecule has 0 rings (SSSR count). The van der Waals surface area contributed by atoms with Crippen molar-refractivity contribution >= 4 is 0 Å². The molecule has 0 aliphatic carbocycles. The molecular formula is C15H31NO2.